The zero-order valence-corrected chi connectivity index (χ0v) is 12.5. The van der Waals surface area contributed by atoms with Crippen LogP contribution in [0.5, 0.6) is 0 Å². The van der Waals surface area contributed by atoms with Crippen LogP contribution >= 0.6 is 0 Å². The molecule has 6 heteroatoms. The van der Waals surface area contributed by atoms with Gasteiger partial charge in [-0.25, -0.2) is 0 Å². The molecule has 0 aromatic carbocycles. The molecule has 0 saturated heterocycles. The highest BCUT2D eigenvalue weighted by molar-refractivity contribution is 5.89. The highest BCUT2D eigenvalue weighted by Gasteiger charge is 1.92. The monoisotopic (exact) mass is 276 g/mol. The Hall–Kier alpha value is -1.40. The average molecular weight is 276 g/mol. The van der Waals surface area contributed by atoms with E-state index in [1.54, 1.807) is 0 Å². The number of hydrogen-bond donors (Lipinski definition) is 2. The molecular formula is C13H28N2O4. The van der Waals surface area contributed by atoms with Crippen LogP contribution in [0, 0.1) is 0 Å². The van der Waals surface area contributed by atoms with Crippen molar-refractivity contribution in [3.05, 3.63) is 12.2 Å². The molecule has 0 bridgehead atoms. The quantitative estimate of drug-likeness (QED) is 0.472. The molecule has 0 unspecified atom stereocenters. The molecule has 0 amide bonds. The summed E-state index contributed by atoms with van der Waals surface area (Å²) >= 11 is 0. The largest absolute Gasteiger partial charge is 0.550 e. The summed E-state index contributed by atoms with van der Waals surface area (Å²) in [5.41, 5.74) is -0.477. The number of carbonyl (C=O) groups excluding carboxylic acids is 2. The highest BCUT2D eigenvalue weighted by atomic mass is 16.4. The number of aliphatic carboxylic acids is 2. The van der Waals surface area contributed by atoms with Gasteiger partial charge in [0.1, 0.15) is 0 Å². The van der Waals surface area contributed by atoms with E-state index in [0.717, 1.165) is 0 Å². The van der Waals surface area contributed by atoms with Crippen LogP contribution in [0.1, 0.15) is 34.1 Å². The van der Waals surface area contributed by atoms with Crippen LogP contribution in [-0.4, -0.2) is 38.1 Å². The minimum Gasteiger partial charge on any atom is -0.550 e. The van der Waals surface area contributed by atoms with Crippen LogP contribution in [0.4, 0.5) is 0 Å². The van der Waals surface area contributed by atoms with Crippen LogP contribution in [0.3, 0.4) is 0 Å². The van der Waals surface area contributed by atoms with Gasteiger partial charge in [0.25, 0.3) is 0 Å². The smallest absolute Gasteiger partial charge is 0.0726 e. The lowest BCUT2D eigenvalue weighted by molar-refractivity contribution is -0.648. The van der Waals surface area contributed by atoms with Crippen LogP contribution in [0.25, 0.3) is 0 Å². The van der Waals surface area contributed by atoms with Crippen molar-refractivity contribution in [3.63, 3.8) is 0 Å². The molecule has 0 aliphatic carbocycles. The van der Waals surface area contributed by atoms with Crippen molar-refractivity contribution in [2.45, 2.75) is 34.1 Å². The Balaban J connectivity index is -0.000000219. The standard InChI is InChI=1S/C5H6O4.2C4H11N/c1-3(5(8)9)2-4(6)7;2*1-3-5-4-2/h1-2H2,(H,6,7)(H,8,9);2*5H,3-4H2,1-2H3. The Morgan fingerprint density at radius 3 is 1.26 bits per heavy atom. The summed E-state index contributed by atoms with van der Waals surface area (Å²) in [7, 11) is 0. The van der Waals surface area contributed by atoms with Crippen molar-refractivity contribution in [1.29, 1.82) is 0 Å². The van der Waals surface area contributed by atoms with Gasteiger partial charge in [0, 0.05) is 12.4 Å². The lowest BCUT2D eigenvalue weighted by Gasteiger charge is -2.05. The maximum Gasteiger partial charge on any atom is 0.0726 e. The van der Waals surface area contributed by atoms with Crippen LogP contribution in [-0.2, 0) is 9.59 Å². The van der Waals surface area contributed by atoms with Gasteiger partial charge in [-0.15, -0.1) is 0 Å². The number of carbonyl (C=O) groups is 2. The van der Waals surface area contributed by atoms with Crippen molar-refractivity contribution in [1.82, 2.24) is 0 Å². The van der Waals surface area contributed by atoms with E-state index in [0.29, 0.717) is 0 Å². The van der Waals surface area contributed by atoms with Crippen LogP contribution < -0.4 is 20.8 Å². The molecule has 4 N–H and O–H groups in total. The third-order valence-electron chi connectivity index (χ3n) is 1.80. The lowest BCUT2D eigenvalue weighted by atomic mass is 10.2. The predicted octanol–water partition coefficient (Wildman–Crippen LogP) is -3.39. The fraction of sp³-hybridized carbons (Fsp3) is 0.692. The zero-order valence-electron chi connectivity index (χ0n) is 12.5. The van der Waals surface area contributed by atoms with Crippen molar-refractivity contribution in [2.24, 2.45) is 0 Å². The van der Waals surface area contributed by atoms with E-state index in [4.69, 9.17) is 0 Å². The third kappa shape index (κ3) is 31.5. The maximum absolute atomic E-state index is 9.73. The Labute approximate surface area is 115 Å². The number of carboxylic acids is 2. The fourth-order valence-corrected chi connectivity index (χ4v) is 0.824. The molecule has 0 rings (SSSR count). The predicted molar refractivity (Wildman–Crippen MR) is 69.8 cm³/mol. The van der Waals surface area contributed by atoms with E-state index < -0.39 is 23.9 Å². The molecular weight excluding hydrogens is 248 g/mol. The summed E-state index contributed by atoms with van der Waals surface area (Å²) in [4.78, 5) is 19.4. The van der Waals surface area contributed by atoms with E-state index in [1.165, 1.54) is 26.2 Å². The molecule has 114 valence electrons. The molecule has 0 heterocycles. The van der Waals surface area contributed by atoms with Gasteiger partial charge in [-0.3, -0.25) is 0 Å². The minimum absolute atomic E-state index is 0.477. The Bertz CT molecular complexity index is 233. The van der Waals surface area contributed by atoms with E-state index in [9.17, 15) is 19.8 Å². The average Bonchev–Trinajstić information content (AvgIpc) is 2.31. The fourth-order valence-electron chi connectivity index (χ4n) is 0.824. The van der Waals surface area contributed by atoms with E-state index in [-0.39, 0.29) is 0 Å². The summed E-state index contributed by atoms with van der Waals surface area (Å²) in [6, 6.07) is 0. The maximum atomic E-state index is 9.73. The summed E-state index contributed by atoms with van der Waals surface area (Å²) in [5.74, 6) is -3.02. The van der Waals surface area contributed by atoms with Crippen molar-refractivity contribution < 1.29 is 30.4 Å². The SMILES string of the molecule is C=C(CC(=O)[O-])C(=O)[O-].CC[NH2+]CC.CC[NH2+]CC. The molecule has 0 aromatic heterocycles. The van der Waals surface area contributed by atoms with Crippen molar-refractivity contribution in [3.8, 4) is 0 Å². The third-order valence-corrected chi connectivity index (χ3v) is 1.80. The first-order chi connectivity index (χ1) is 8.87. The second-order valence-electron chi connectivity index (χ2n) is 3.65. The molecule has 0 atom stereocenters. The zero-order chi connectivity index (χ0) is 15.7. The molecule has 0 aromatic rings. The van der Waals surface area contributed by atoms with Gasteiger partial charge < -0.3 is 30.4 Å². The van der Waals surface area contributed by atoms with Gasteiger partial charge >= 0.3 is 0 Å². The number of hydrogen-bond acceptors (Lipinski definition) is 4. The van der Waals surface area contributed by atoms with Gasteiger partial charge in [0.2, 0.25) is 0 Å². The molecule has 0 fully saturated rings. The molecule has 0 spiro atoms. The second-order valence-corrected chi connectivity index (χ2v) is 3.65. The number of carboxylic acid groups (broad SMARTS) is 2. The Kier molecular flexibility index (Phi) is 22.7. The van der Waals surface area contributed by atoms with E-state index in [1.807, 2.05) is 0 Å². The topological polar surface area (TPSA) is 113 Å². The van der Waals surface area contributed by atoms with Gasteiger partial charge in [0.15, 0.2) is 0 Å². The Morgan fingerprint density at radius 2 is 1.21 bits per heavy atom. The van der Waals surface area contributed by atoms with Crippen LogP contribution in [0.2, 0.25) is 0 Å². The van der Waals surface area contributed by atoms with Gasteiger partial charge in [-0.1, -0.05) is 6.58 Å². The summed E-state index contributed by atoms with van der Waals surface area (Å²) in [6.45, 7) is 16.4. The highest BCUT2D eigenvalue weighted by Crippen LogP contribution is 1.92. The summed E-state index contributed by atoms with van der Waals surface area (Å²) < 4.78 is 0. The van der Waals surface area contributed by atoms with Crippen molar-refractivity contribution in [2.75, 3.05) is 26.2 Å². The lowest BCUT2D eigenvalue weighted by Crippen LogP contribution is -2.82. The first-order valence-electron chi connectivity index (χ1n) is 6.59. The Morgan fingerprint density at radius 1 is 0.895 bits per heavy atom. The van der Waals surface area contributed by atoms with E-state index in [2.05, 4.69) is 44.9 Å². The van der Waals surface area contributed by atoms with Crippen molar-refractivity contribution >= 4 is 11.9 Å². The minimum atomic E-state index is -1.56. The first-order valence-corrected chi connectivity index (χ1v) is 6.59. The second kappa shape index (κ2) is 19.0. The molecule has 0 radical (unpaired) electrons. The van der Waals surface area contributed by atoms with Gasteiger partial charge in [-0.2, -0.15) is 0 Å². The summed E-state index contributed by atoms with van der Waals surface area (Å²) in [5, 5.41) is 23.9. The number of quaternary nitrogens is 2. The molecule has 6 nitrogen and oxygen atoms in total. The molecule has 0 aliphatic heterocycles. The normalized spacial score (nSPS) is 8.42. The van der Waals surface area contributed by atoms with E-state index >= 15 is 0 Å². The van der Waals surface area contributed by atoms with Crippen LogP contribution in [0.15, 0.2) is 12.2 Å². The first kappa shape index (κ1) is 22.8. The van der Waals surface area contributed by atoms with Gasteiger partial charge in [-0.05, 0) is 33.3 Å². The molecule has 0 aliphatic rings. The summed E-state index contributed by atoms with van der Waals surface area (Å²) in [6.07, 6.45) is -0.678. The molecule has 0 saturated carbocycles. The number of rotatable bonds is 7. The van der Waals surface area contributed by atoms with Gasteiger partial charge in [0.05, 0.1) is 32.1 Å². The number of nitrogens with two attached hydrogens (primary N) is 2. The molecule has 19 heavy (non-hydrogen) atoms.